The number of anilines is 1. The summed E-state index contributed by atoms with van der Waals surface area (Å²) in [5.41, 5.74) is 0.652. The number of carbonyl (C=O) groups is 1. The minimum atomic E-state index is -4.46. The molecule has 2 heterocycles. The Morgan fingerprint density at radius 1 is 1.32 bits per heavy atom. The molecule has 0 saturated heterocycles. The van der Waals surface area contributed by atoms with E-state index in [4.69, 9.17) is 4.42 Å². The summed E-state index contributed by atoms with van der Waals surface area (Å²) < 4.78 is 42.8. The van der Waals surface area contributed by atoms with Crippen molar-refractivity contribution in [3.8, 4) is 0 Å². The van der Waals surface area contributed by atoms with Crippen LogP contribution in [0.4, 0.5) is 18.3 Å². The molecule has 0 aliphatic carbocycles. The summed E-state index contributed by atoms with van der Waals surface area (Å²) in [6, 6.07) is 8.99. The normalized spacial score (nSPS) is 11.8. The molecule has 3 aromatic rings. The van der Waals surface area contributed by atoms with Crippen molar-refractivity contribution >= 4 is 33.3 Å². The van der Waals surface area contributed by atoms with Crippen molar-refractivity contribution in [2.24, 2.45) is 0 Å². The first-order valence-electron chi connectivity index (χ1n) is 6.22. The third kappa shape index (κ3) is 3.11. The fourth-order valence-electron chi connectivity index (χ4n) is 1.91. The van der Waals surface area contributed by atoms with Gasteiger partial charge in [-0.15, -0.1) is 0 Å². The molecule has 22 heavy (non-hydrogen) atoms. The van der Waals surface area contributed by atoms with E-state index >= 15 is 0 Å². The van der Waals surface area contributed by atoms with Gasteiger partial charge in [-0.25, -0.2) is 4.98 Å². The SMILES string of the molecule is O=C(Cc1cc2ccccc2o1)Nc1ncc(C(F)(F)F)s1. The number of benzene rings is 1. The number of furan rings is 1. The number of aromatic nitrogens is 1. The third-order valence-corrected chi connectivity index (χ3v) is 3.80. The van der Waals surface area contributed by atoms with E-state index in [2.05, 4.69) is 10.3 Å². The van der Waals surface area contributed by atoms with E-state index in [1.165, 1.54) is 0 Å². The minimum absolute atomic E-state index is 0.0738. The first-order chi connectivity index (χ1) is 10.4. The monoisotopic (exact) mass is 326 g/mol. The lowest BCUT2D eigenvalue weighted by molar-refractivity contribution is -0.134. The van der Waals surface area contributed by atoms with Gasteiger partial charge in [-0.05, 0) is 12.1 Å². The highest BCUT2D eigenvalue weighted by molar-refractivity contribution is 7.15. The van der Waals surface area contributed by atoms with Crippen LogP contribution < -0.4 is 5.32 Å². The number of fused-ring (bicyclic) bond motifs is 1. The van der Waals surface area contributed by atoms with Gasteiger partial charge in [-0.1, -0.05) is 29.5 Å². The largest absolute Gasteiger partial charge is 0.461 e. The molecule has 0 fully saturated rings. The fourth-order valence-corrected chi connectivity index (χ4v) is 2.61. The summed E-state index contributed by atoms with van der Waals surface area (Å²) in [4.78, 5) is 14.5. The Hall–Kier alpha value is -2.35. The Morgan fingerprint density at radius 2 is 2.09 bits per heavy atom. The Kier molecular flexibility index (Phi) is 3.61. The molecular weight excluding hydrogens is 317 g/mol. The molecule has 4 nitrogen and oxygen atoms in total. The van der Waals surface area contributed by atoms with Crippen molar-refractivity contribution in [2.75, 3.05) is 5.32 Å². The van der Waals surface area contributed by atoms with Crippen LogP contribution in [0.1, 0.15) is 10.6 Å². The van der Waals surface area contributed by atoms with Crippen LogP contribution in [0.25, 0.3) is 11.0 Å². The lowest BCUT2D eigenvalue weighted by atomic mass is 10.2. The highest BCUT2D eigenvalue weighted by atomic mass is 32.1. The average molecular weight is 326 g/mol. The summed E-state index contributed by atoms with van der Waals surface area (Å²) in [6.45, 7) is 0. The number of nitrogens with zero attached hydrogens (tertiary/aromatic N) is 1. The number of thiazole rings is 1. The van der Waals surface area contributed by atoms with Gasteiger partial charge in [0.1, 0.15) is 16.2 Å². The second-order valence-corrected chi connectivity index (χ2v) is 5.53. The van der Waals surface area contributed by atoms with Crippen LogP contribution in [0.5, 0.6) is 0 Å². The van der Waals surface area contributed by atoms with Crippen molar-refractivity contribution in [3.05, 3.63) is 47.2 Å². The summed E-state index contributed by atoms with van der Waals surface area (Å²) >= 11 is 0.385. The molecular formula is C14H9F3N2O2S. The molecule has 0 radical (unpaired) electrons. The van der Waals surface area contributed by atoms with Gasteiger partial charge in [-0.2, -0.15) is 13.2 Å². The van der Waals surface area contributed by atoms with Gasteiger partial charge in [0, 0.05) is 5.39 Å². The fraction of sp³-hybridized carbons (Fsp3) is 0.143. The van der Waals surface area contributed by atoms with Crippen molar-refractivity contribution in [2.45, 2.75) is 12.6 Å². The topological polar surface area (TPSA) is 55.1 Å². The number of amides is 1. The molecule has 1 N–H and O–H groups in total. The molecule has 1 aromatic carbocycles. The van der Waals surface area contributed by atoms with Crippen molar-refractivity contribution < 1.29 is 22.4 Å². The standard InChI is InChI=1S/C14H9F3N2O2S/c15-14(16,17)11-7-18-13(22-11)19-12(20)6-9-5-8-3-1-2-4-10(8)21-9/h1-5,7H,6H2,(H,18,19,20). The quantitative estimate of drug-likeness (QED) is 0.789. The van der Waals surface area contributed by atoms with E-state index in [0.29, 0.717) is 28.9 Å². The highest BCUT2D eigenvalue weighted by Gasteiger charge is 2.33. The van der Waals surface area contributed by atoms with E-state index in [9.17, 15) is 18.0 Å². The van der Waals surface area contributed by atoms with Crippen molar-refractivity contribution in [1.82, 2.24) is 4.98 Å². The number of hydrogen-bond acceptors (Lipinski definition) is 4. The van der Waals surface area contributed by atoms with Crippen LogP contribution in [0.3, 0.4) is 0 Å². The number of nitrogens with one attached hydrogen (secondary N) is 1. The van der Waals surface area contributed by atoms with E-state index in [1.54, 1.807) is 12.1 Å². The van der Waals surface area contributed by atoms with E-state index in [0.717, 1.165) is 5.39 Å². The molecule has 0 aliphatic heterocycles. The first kappa shape index (κ1) is 14.6. The van der Waals surface area contributed by atoms with E-state index in [1.807, 2.05) is 18.2 Å². The number of rotatable bonds is 3. The molecule has 2 aromatic heterocycles. The summed E-state index contributed by atoms with van der Waals surface area (Å²) in [7, 11) is 0. The predicted molar refractivity (Wildman–Crippen MR) is 75.7 cm³/mol. The Labute approximate surface area is 126 Å². The molecule has 114 valence electrons. The van der Waals surface area contributed by atoms with Crippen LogP contribution >= 0.6 is 11.3 Å². The lowest BCUT2D eigenvalue weighted by Gasteiger charge is -2.00. The van der Waals surface area contributed by atoms with Gasteiger partial charge in [0.05, 0.1) is 12.6 Å². The Balaban J connectivity index is 1.68. The first-order valence-corrected chi connectivity index (χ1v) is 7.04. The van der Waals surface area contributed by atoms with Crippen molar-refractivity contribution in [3.63, 3.8) is 0 Å². The van der Waals surface area contributed by atoms with Crippen LogP contribution in [0, 0.1) is 0 Å². The maximum absolute atomic E-state index is 12.4. The molecule has 0 atom stereocenters. The number of halogens is 3. The van der Waals surface area contributed by atoms with E-state index < -0.39 is 17.0 Å². The Morgan fingerprint density at radius 3 is 2.77 bits per heavy atom. The van der Waals surface area contributed by atoms with E-state index in [-0.39, 0.29) is 11.6 Å². The molecule has 8 heteroatoms. The Bertz CT molecular complexity index is 790. The molecule has 3 rings (SSSR count). The highest BCUT2D eigenvalue weighted by Crippen LogP contribution is 2.35. The summed E-state index contributed by atoms with van der Waals surface area (Å²) in [6.07, 6.45) is -3.84. The zero-order valence-electron chi connectivity index (χ0n) is 11.0. The smallest absolute Gasteiger partial charge is 0.427 e. The zero-order valence-corrected chi connectivity index (χ0v) is 11.8. The molecule has 0 aliphatic rings. The van der Waals surface area contributed by atoms with Gasteiger partial charge < -0.3 is 9.73 Å². The van der Waals surface area contributed by atoms with Crippen LogP contribution in [-0.2, 0) is 17.4 Å². The van der Waals surface area contributed by atoms with Crippen LogP contribution in [0.15, 0.2) is 40.9 Å². The van der Waals surface area contributed by atoms with Gasteiger partial charge in [-0.3, -0.25) is 4.79 Å². The zero-order chi connectivity index (χ0) is 15.7. The number of alkyl halides is 3. The maximum atomic E-state index is 12.4. The van der Waals surface area contributed by atoms with Crippen LogP contribution in [-0.4, -0.2) is 10.9 Å². The molecule has 0 unspecified atom stereocenters. The molecule has 0 saturated carbocycles. The maximum Gasteiger partial charge on any atom is 0.427 e. The van der Waals surface area contributed by atoms with Gasteiger partial charge in [0.25, 0.3) is 0 Å². The number of hydrogen-bond donors (Lipinski definition) is 1. The van der Waals surface area contributed by atoms with Gasteiger partial charge in [0.2, 0.25) is 5.91 Å². The third-order valence-electron chi connectivity index (χ3n) is 2.84. The number of para-hydroxylation sites is 1. The van der Waals surface area contributed by atoms with Crippen LogP contribution in [0.2, 0.25) is 0 Å². The number of carbonyl (C=O) groups excluding carboxylic acids is 1. The van der Waals surface area contributed by atoms with Crippen molar-refractivity contribution in [1.29, 1.82) is 0 Å². The van der Waals surface area contributed by atoms with Gasteiger partial charge >= 0.3 is 6.18 Å². The lowest BCUT2D eigenvalue weighted by Crippen LogP contribution is -2.13. The minimum Gasteiger partial charge on any atom is -0.461 e. The average Bonchev–Trinajstić information content (AvgIpc) is 3.03. The molecule has 0 spiro atoms. The second kappa shape index (κ2) is 5.45. The second-order valence-electron chi connectivity index (χ2n) is 4.50. The summed E-state index contributed by atoms with van der Waals surface area (Å²) in [5, 5.41) is 3.11. The molecule has 0 bridgehead atoms. The predicted octanol–water partition coefficient (Wildman–Crippen LogP) is 4.09. The summed E-state index contributed by atoms with van der Waals surface area (Å²) in [5.74, 6) is -0.0477. The van der Waals surface area contributed by atoms with Gasteiger partial charge in [0.15, 0.2) is 5.13 Å². The molecule has 1 amide bonds.